The second kappa shape index (κ2) is 5.31. The van der Waals surface area contributed by atoms with Gasteiger partial charge in [-0.2, -0.15) is 9.98 Å². The van der Waals surface area contributed by atoms with Crippen molar-refractivity contribution < 1.29 is 9.59 Å². The Morgan fingerprint density at radius 2 is 1.47 bits per heavy atom. The Bertz CT molecular complexity index is 576. The standard InChI is InChI=1S/C15H18N2O2/c1-11-7-6-8-12(14(2,3)16-9-18)13(11)15(4,5)17-10-19/h6-8H,1-5H3. The van der Waals surface area contributed by atoms with Crippen molar-refractivity contribution in [2.24, 2.45) is 9.98 Å². The number of rotatable bonds is 4. The van der Waals surface area contributed by atoms with Gasteiger partial charge in [-0.05, 0) is 51.3 Å². The summed E-state index contributed by atoms with van der Waals surface area (Å²) in [5.74, 6) is 0. The minimum Gasteiger partial charge on any atom is -0.211 e. The van der Waals surface area contributed by atoms with Gasteiger partial charge in [0.15, 0.2) is 0 Å². The summed E-state index contributed by atoms with van der Waals surface area (Å²) in [4.78, 5) is 28.9. The average molecular weight is 258 g/mol. The minimum atomic E-state index is -0.710. The predicted molar refractivity (Wildman–Crippen MR) is 73.5 cm³/mol. The SMILES string of the molecule is Cc1cccc(C(C)(C)N=C=O)c1C(C)(C)N=C=O. The summed E-state index contributed by atoms with van der Waals surface area (Å²) in [5, 5.41) is 0. The molecule has 4 nitrogen and oxygen atoms in total. The highest BCUT2D eigenvalue weighted by Gasteiger charge is 2.31. The Morgan fingerprint density at radius 1 is 0.947 bits per heavy atom. The van der Waals surface area contributed by atoms with Crippen LogP contribution in [0.2, 0.25) is 0 Å². The second-order valence-electron chi connectivity index (χ2n) is 5.52. The van der Waals surface area contributed by atoms with Crippen LogP contribution in [0.15, 0.2) is 28.2 Å². The minimum absolute atomic E-state index is 0.710. The number of nitrogens with zero attached hydrogens (tertiary/aromatic N) is 2. The normalized spacial score (nSPS) is 11.4. The maximum absolute atomic E-state index is 10.6. The maximum atomic E-state index is 10.6. The Kier molecular flexibility index (Phi) is 4.21. The van der Waals surface area contributed by atoms with Gasteiger partial charge in [0.05, 0.1) is 11.1 Å². The third-order valence-corrected chi connectivity index (χ3v) is 3.19. The summed E-state index contributed by atoms with van der Waals surface area (Å²) in [5.41, 5.74) is 1.33. The fraction of sp³-hybridized carbons (Fsp3) is 0.467. The van der Waals surface area contributed by atoms with Gasteiger partial charge in [0, 0.05) is 0 Å². The number of hydrogen-bond donors (Lipinski definition) is 0. The molecule has 4 heteroatoms. The number of benzene rings is 1. The fourth-order valence-electron chi connectivity index (χ4n) is 2.33. The van der Waals surface area contributed by atoms with E-state index in [1.807, 2.05) is 52.8 Å². The third-order valence-electron chi connectivity index (χ3n) is 3.19. The second-order valence-corrected chi connectivity index (χ2v) is 5.52. The molecule has 0 unspecified atom stereocenters. The van der Waals surface area contributed by atoms with E-state index in [9.17, 15) is 9.59 Å². The van der Waals surface area contributed by atoms with Gasteiger partial charge in [-0.15, -0.1) is 0 Å². The van der Waals surface area contributed by atoms with Gasteiger partial charge in [0.25, 0.3) is 0 Å². The van der Waals surface area contributed by atoms with Crippen LogP contribution >= 0.6 is 0 Å². The molecule has 100 valence electrons. The average Bonchev–Trinajstić information content (AvgIpc) is 2.28. The molecule has 0 bridgehead atoms. The molecular weight excluding hydrogens is 240 g/mol. The first-order valence-electron chi connectivity index (χ1n) is 6.05. The Morgan fingerprint density at radius 3 is 2.00 bits per heavy atom. The zero-order chi connectivity index (χ0) is 14.7. The van der Waals surface area contributed by atoms with E-state index in [0.717, 1.165) is 16.7 Å². The van der Waals surface area contributed by atoms with Crippen LogP contribution in [-0.2, 0) is 20.7 Å². The lowest BCUT2D eigenvalue weighted by molar-refractivity contribution is 0.483. The number of carbonyl (C=O) groups excluding carboxylic acids is 2. The lowest BCUT2D eigenvalue weighted by Gasteiger charge is -2.29. The van der Waals surface area contributed by atoms with Crippen LogP contribution in [0.3, 0.4) is 0 Å². The molecule has 0 aliphatic heterocycles. The van der Waals surface area contributed by atoms with Crippen molar-refractivity contribution in [2.75, 3.05) is 0 Å². The highest BCUT2D eigenvalue weighted by molar-refractivity contribution is 5.47. The lowest BCUT2D eigenvalue weighted by Crippen LogP contribution is -2.25. The summed E-state index contributed by atoms with van der Waals surface area (Å²) in [6.07, 6.45) is 3.22. The summed E-state index contributed by atoms with van der Waals surface area (Å²) in [6.45, 7) is 9.28. The number of aryl methyl sites for hydroxylation is 1. The van der Waals surface area contributed by atoms with Crippen LogP contribution in [0, 0.1) is 6.92 Å². The van der Waals surface area contributed by atoms with Gasteiger partial charge in [-0.1, -0.05) is 18.2 Å². The summed E-state index contributed by atoms with van der Waals surface area (Å²) >= 11 is 0. The van der Waals surface area contributed by atoms with Gasteiger partial charge in [0.2, 0.25) is 12.2 Å². The van der Waals surface area contributed by atoms with Crippen molar-refractivity contribution in [1.82, 2.24) is 0 Å². The molecule has 1 aromatic carbocycles. The maximum Gasteiger partial charge on any atom is 0.235 e. The Balaban J connectivity index is 3.65. The molecule has 19 heavy (non-hydrogen) atoms. The zero-order valence-electron chi connectivity index (χ0n) is 11.9. The van der Waals surface area contributed by atoms with Gasteiger partial charge in [0.1, 0.15) is 0 Å². The van der Waals surface area contributed by atoms with Crippen molar-refractivity contribution in [1.29, 1.82) is 0 Å². The van der Waals surface area contributed by atoms with E-state index in [-0.39, 0.29) is 0 Å². The highest BCUT2D eigenvalue weighted by atomic mass is 16.1. The van der Waals surface area contributed by atoms with Crippen LogP contribution in [-0.4, -0.2) is 12.2 Å². The molecule has 0 spiro atoms. The third kappa shape index (κ3) is 3.05. The number of isocyanates is 2. The van der Waals surface area contributed by atoms with E-state index < -0.39 is 11.1 Å². The van der Waals surface area contributed by atoms with Crippen molar-refractivity contribution in [2.45, 2.75) is 45.7 Å². The smallest absolute Gasteiger partial charge is 0.211 e. The molecular formula is C15H18N2O2. The molecule has 0 aliphatic rings. The van der Waals surface area contributed by atoms with Crippen LogP contribution < -0.4 is 0 Å². The fourth-order valence-corrected chi connectivity index (χ4v) is 2.33. The molecule has 0 atom stereocenters. The molecule has 0 aliphatic carbocycles. The van der Waals surface area contributed by atoms with Crippen LogP contribution in [0.25, 0.3) is 0 Å². The summed E-state index contributed by atoms with van der Waals surface area (Å²) in [6, 6.07) is 5.74. The highest BCUT2D eigenvalue weighted by Crippen LogP contribution is 2.37. The van der Waals surface area contributed by atoms with E-state index in [4.69, 9.17) is 0 Å². The lowest BCUT2D eigenvalue weighted by atomic mass is 9.80. The van der Waals surface area contributed by atoms with Gasteiger partial charge < -0.3 is 0 Å². The monoisotopic (exact) mass is 258 g/mol. The van der Waals surface area contributed by atoms with Crippen molar-refractivity contribution in [3.8, 4) is 0 Å². The van der Waals surface area contributed by atoms with E-state index in [1.165, 1.54) is 0 Å². The zero-order valence-corrected chi connectivity index (χ0v) is 11.9. The summed E-state index contributed by atoms with van der Waals surface area (Å²) in [7, 11) is 0. The van der Waals surface area contributed by atoms with Gasteiger partial charge in [-0.25, -0.2) is 9.59 Å². The topological polar surface area (TPSA) is 58.9 Å². The predicted octanol–water partition coefficient (Wildman–Crippen LogP) is 3.14. The first-order valence-corrected chi connectivity index (χ1v) is 6.05. The van der Waals surface area contributed by atoms with Crippen LogP contribution in [0.5, 0.6) is 0 Å². The number of hydrogen-bond acceptors (Lipinski definition) is 4. The molecule has 1 aromatic rings. The summed E-state index contributed by atoms with van der Waals surface area (Å²) < 4.78 is 0. The Hall–Kier alpha value is -2.02. The van der Waals surface area contributed by atoms with Crippen LogP contribution in [0.4, 0.5) is 0 Å². The van der Waals surface area contributed by atoms with Crippen molar-refractivity contribution in [3.05, 3.63) is 34.9 Å². The first kappa shape index (κ1) is 15.0. The first-order chi connectivity index (χ1) is 8.76. The quantitative estimate of drug-likeness (QED) is 0.615. The molecule has 0 saturated carbocycles. The van der Waals surface area contributed by atoms with E-state index >= 15 is 0 Å². The molecule has 0 heterocycles. The van der Waals surface area contributed by atoms with E-state index in [1.54, 1.807) is 12.2 Å². The van der Waals surface area contributed by atoms with Crippen LogP contribution in [0.1, 0.15) is 44.4 Å². The van der Waals surface area contributed by atoms with E-state index in [0.29, 0.717) is 0 Å². The number of aliphatic imine (C=N–C) groups is 2. The molecule has 0 saturated heterocycles. The van der Waals surface area contributed by atoms with E-state index in [2.05, 4.69) is 9.98 Å². The van der Waals surface area contributed by atoms with Crippen molar-refractivity contribution in [3.63, 3.8) is 0 Å². The molecule has 0 radical (unpaired) electrons. The Labute approximate surface area is 113 Å². The molecule has 1 rings (SSSR count). The van der Waals surface area contributed by atoms with Gasteiger partial charge in [-0.3, -0.25) is 0 Å². The van der Waals surface area contributed by atoms with Crippen molar-refractivity contribution >= 4 is 12.2 Å². The molecule has 0 aromatic heterocycles. The van der Waals surface area contributed by atoms with Gasteiger partial charge >= 0.3 is 0 Å². The molecule has 0 N–H and O–H groups in total. The molecule has 0 amide bonds. The largest absolute Gasteiger partial charge is 0.235 e. The molecule has 0 fully saturated rings.